The van der Waals surface area contributed by atoms with Gasteiger partial charge in [-0.05, 0) is 30.5 Å². The predicted octanol–water partition coefficient (Wildman–Crippen LogP) is 2.77. The van der Waals surface area contributed by atoms with Crippen LogP contribution in [0.15, 0.2) is 45.1 Å². The van der Waals surface area contributed by atoms with Gasteiger partial charge in [0, 0.05) is 24.8 Å². The van der Waals surface area contributed by atoms with Crippen molar-refractivity contribution in [3.8, 4) is 0 Å². The minimum atomic E-state index is -0.713. The Labute approximate surface area is 173 Å². The molecule has 8 heteroatoms. The number of nitrogens with one attached hydrogen (secondary N) is 1. The molecule has 1 atom stereocenters. The van der Waals surface area contributed by atoms with Crippen LogP contribution >= 0.6 is 11.6 Å². The van der Waals surface area contributed by atoms with Gasteiger partial charge in [-0.25, -0.2) is 9.59 Å². The van der Waals surface area contributed by atoms with Crippen LogP contribution in [0.25, 0.3) is 0 Å². The van der Waals surface area contributed by atoms with Gasteiger partial charge < -0.3 is 10.1 Å². The summed E-state index contributed by atoms with van der Waals surface area (Å²) in [5.74, 6) is -0.687. The normalized spacial score (nSPS) is 15.9. The minimum absolute atomic E-state index is 0.169. The molecule has 154 valence electrons. The summed E-state index contributed by atoms with van der Waals surface area (Å²) in [6.07, 6.45) is 0. The first-order chi connectivity index (χ1) is 13.6. The zero-order valence-corrected chi connectivity index (χ0v) is 17.8. The average Bonchev–Trinajstić information content (AvgIpc) is 2.67. The molecule has 29 heavy (non-hydrogen) atoms. The van der Waals surface area contributed by atoms with Gasteiger partial charge in [0.25, 0.3) is 5.56 Å². The van der Waals surface area contributed by atoms with Crippen LogP contribution in [-0.2, 0) is 23.6 Å². The third-order valence-electron chi connectivity index (χ3n) is 4.94. The molecule has 1 N–H and O–H groups in total. The predicted molar refractivity (Wildman–Crippen MR) is 112 cm³/mol. The molecule has 0 bridgehead atoms. The monoisotopic (exact) mass is 417 g/mol. The van der Waals surface area contributed by atoms with Gasteiger partial charge in [0.15, 0.2) is 0 Å². The van der Waals surface area contributed by atoms with Crippen LogP contribution in [0.3, 0.4) is 0 Å². The third-order valence-corrected chi connectivity index (χ3v) is 5.17. The highest BCUT2D eigenvalue weighted by Crippen LogP contribution is 2.40. The number of halogens is 1. The van der Waals surface area contributed by atoms with Crippen molar-refractivity contribution in [1.29, 1.82) is 0 Å². The molecule has 0 saturated heterocycles. The van der Waals surface area contributed by atoms with Gasteiger partial charge in [0.2, 0.25) is 0 Å². The SMILES string of the molecule is CC1=C(C(=O)OCC(C)C)[C@@H](c2cccc(Cl)c2)c2c(n(C)c(=O)n(C)c2=O)N1. The van der Waals surface area contributed by atoms with E-state index in [-0.39, 0.29) is 12.5 Å². The second-order valence-corrected chi connectivity index (χ2v) is 8.05. The van der Waals surface area contributed by atoms with E-state index in [1.165, 1.54) is 11.6 Å². The van der Waals surface area contributed by atoms with Crippen LogP contribution in [-0.4, -0.2) is 21.7 Å². The average molecular weight is 418 g/mol. The van der Waals surface area contributed by atoms with Crippen LogP contribution < -0.4 is 16.6 Å². The number of anilines is 1. The second-order valence-electron chi connectivity index (χ2n) is 7.61. The number of esters is 1. The molecular formula is C21H24ClN3O4. The molecular weight excluding hydrogens is 394 g/mol. The molecule has 0 aliphatic carbocycles. The summed E-state index contributed by atoms with van der Waals surface area (Å²) in [5, 5.41) is 3.55. The number of hydrogen-bond acceptors (Lipinski definition) is 5. The summed E-state index contributed by atoms with van der Waals surface area (Å²) < 4.78 is 7.89. The Bertz CT molecular complexity index is 1130. The maximum Gasteiger partial charge on any atom is 0.336 e. The van der Waals surface area contributed by atoms with E-state index in [0.717, 1.165) is 4.57 Å². The summed E-state index contributed by atoms with van der Waals surface area (Å²) >= 11 is 6.20. The van der Waals surface area contributed by atoms with E-state index in [0.29, 0.717) is 33.2 Å². The Morgan fingerprint density at radius 2 is 1.93 bits per heavy atom. The second kappa shape index (κ2) is 7.91. The highest BCUT2D eigenvalue weighted by Gasteiger charge is 2.37. The number of hydrogen-bond donors (Lipinski definition) is 1. The highest BCUT2D eigenvalue weighted by molar-refractivity contribution is 6.30. The van der Waals surface area contributed by atoms with Crippen molar-refractivity contribution in [2.45, 2.75) is 26.7 Å². The first-order valence-electron chi connectivity index (χ1n) is 9.33. The molecule has 0 amide bonds. The Hall–Kier alpha value is -2.80. The zero-order valence-electron chi connectivity index (χ0n) is 17.1. The number of nitrogens with zero attached hydrogens (tertiary/aromatic N) is 2. The minimum Gasteiger partial charge on any atom is -0.462 e. The largest absolute Gasteiger partial charge is 0.462 e. The molecule has 0 radical (unpaired) electrons. The van der Waals surface area contributed by atoms with Gasteiger partial charge in [-0.15, -0.1) is 0 Å². The molecule has 0 unspecified atom stereocenters. The Morgan fingerprint density at radius 1 is 1.24 bits per heavy atom. The van der Waals surface area contributed by atoms with Crippen molar-refractivity contribution in [2.75, 3.05) is 11.9 Å². The number of fused-ring (bicyclic) bond motifs is 1. The van der Waals surface area contributed by atoms with Crippen LogP contribution in [0, 0.1) is 5.92 Å². The lowest BCUT2D eigenvalue weighted by molar-refractivity contribution is -0.140. The van der Waals surface area contributed by atoms with Gasteiger partial charge >= 0.3 is 11.7 Å². The molecule has 2 aromatic rings. The van der Waals surface area contributed by atoms with E-state index >= 15 is 0 Å². The van der Waals surface area contributed by atoms with E-state index in [1.54, 1.807) is 38.2 Å². The first-order valence-corrected chi connectivity index (χ1v) is 9.71. The Kier molecular flexibility index (Phi) is 5.71. The van der Waals surface area contributed by atoms with E-state index in [9.17, 15) is 14.4 Å². The summed E-state index contributed by atoms with van der Waals surface area (Å²) in [6.45, 7) is 5.89. The van der Waals surface area contributed by atoms with Crippen LogP contribution in [0.4, 0.5) is 5.82 Å². The van der Waals surface area contributed by atoms with Gasteiger partial charge in [0.05, 0.1) is 23.7 Å². The fraction of sp³-hybridized carbons (Fsp3) is 0.381. The molecule has 1 aliphatic heterocycles. The molecule has 0 saturated carbocycles. The lowest BCUT2D eigenvalue weighted by Crippen LogP contribution is -2.43. The summed E-state index contributed by atoms with van der Waals surface area (Å²) in [4.78, 5) is 38.5. The van der Waals surface area contributed by atoms with Gasteiger partial charge in [0.1, 0.15) is 5.82 Å². The number of aromatic nitrogens is 2. The Balaban J connectivity index is 2.30. The van der Waals surface area contributed by atoms with E-state index in [2.05, 4.69) is 5.32 Å². The fourth-order valence-corrected chi connectivity index (χ4v) is 3.70. The molecule has 3 rings (SSSR count). The fourth-order valence-electron chi connectivity index (χ4n) is 3.50. The van der Waals surface area contributed by atoms with Crippen molar-refractivity contribution in [1.82, 2.24) is 9.13 Å². The smallest absolute Gasteiger partial charge is 0.336 e. The number of allylic oxidation sites excluding steroid dienone is 1. The van der Waals surface area contributed by atoms with Gasteiger partial charge in [-0.1, -0.05) is 37.6 Å². The van der Waals surface area contributed by atoms with Crippen LogP contribution in [0.5, 0.6) is 0 Å². The molecule has 0 spiro atoms. The van der Waals surface area contributed by atoms with Crippen molar-refractivity contribution < 1.29 is 9.53 Å². The van der Waals surface area contributed by atoms with Crippen molar-refractivity contribution >= 4 is 23.4 Å². The molecule has 7 nitrogen and oxygen atoms in total. The summed E-state index contributed by atoms with van der Waals surface area (Å²) in [7, 11) is 3.00. The maximum atomic E-state index is 13.1. The summed E-state index contributed by atoms with van der Waals surface area (Å²) in [5.41, 5.74) is 0.911. The maximum absolute atomic E-state index is 13.1. The van der Waals surface area contributed by atoms with E-state index in [4.69, 9.17) is 16.3 Å². The number of carbonyl (C=O) groups excluding carboxylic acids is 1. The van der Waals surface area contributed by atoms with Crippen LogP contribution in [0.1, 0.15) is 37.8 Å². The van der Waals surface area contributed by atoms with E-state index in [1.807, 2.05) is 13.8 Å². The van der Waals surface area contributed by atoms with Crippen molar-refractivity contribution in [3.05, 3.63) is 72.5 Å². The topological polar surface area (TPSA) is 82.3 Å². The number of rotatable bonds is 4. The zero-order chi connectivity index (χ0) is 21.5. The molecule has 0 fully saturated rings. The molecule has 1 aromatic carbocycles. The van der Waals surface area contributed by atoms with Gasteiger partial charge in [-0.3, -0.25) is 13.9 Å². The van der Waals surface area contributed by atoms with Crippen molar-refractivity contribution in [3.63, 3.8) is 0 Å². The quantitative estimate of drug-likeness (QED) is 0.773. The third kappa shape index (κ3) is 3.74. The number of carbonyl (C=O) groups is 1. The molecule has 2 heterocycles. The van der Waals surface area contributed by atoms with Gasteiger partial charge in [-0.2, -0.15) is 0 Å². The lowest BCUT2D eigenvalue weighted by Gasteiger charge is -2.31. The Morgan fingerprint density at radius 3 is 2.55 bits per heavy atom. The number of ether oxygens (including phenoxy) is 1. The molecule has 1 aliphatic rings. The van der Waals surface area contributed by atoms with Crippen LogP contribution in [0.2, 0.25) is 5.02 Å². The molecule has 1 aromatic heterocycles. The highest BCUT2D eigenvalue weighted by atomic mass is 35.5. The first kappa shape index (κ1) is 20.9. The standard InChI is InChI=1S/C21H24ClN3O4/c1-11(2)10-29-20(27)15-12(3)23-18-17(19(26)25(5)21(28)24(18)4)16(15)13-7-6-8-14(22)9-13/h6-9,11,16,23H,10H2,1-5H3/t16-/m1/s1. The van der Waals surface area contributed by atoms with Crippen molar-refractivity contribution in [2.24, 2.45) is 20.0 Å². The summed E-state index contributed by atoms with van der Waals surface area (Å²) in [6, 6.07) is 7.01. The lowest BCUT2D eigenvalue weighted by atomic mass is 9.82. The number of benzene rings is 1. The van der Waals surface area contributed by atoms with E-state index < -0.39 is 23.1 Å².